The molecule has 1 aliphatic heterocycles. The van der Waals surface area contributed by atoms with Crippen molar-refractivity contribution in [1.29, 1.82) is 0 Å². The van der Waals surface area contributed by atoms with E-state index in [9.17, 15) is 17.6 Å². The van der Waals surface area contributed by atoms with Crippen molar-refractivity contribution in [3.8, 4) is 0 Å². The van der Waals surface area contributed by atoms with Gasteiger partial charge in [-0.1, -0.05) is 18.2 Å². The van der Waals surface area contributed by atoms with Crippen molar-refractivity contribution in [2.75, 3.05) is 12.4 Å². The molecular weight excluding hydrogens is 381 g/mol. The number of carbonyl (C=O) groups is 1. The molecule has 1 aliphatic rings. The highest BCUT2D eigenvalue weighted by Gasteiger charge is 2.38. The number of benzene rings is 2. The predicted octanol–water partition coefficient (Wildman–Crippen LogP) is 3.57. The highest BCUT2D eigenvalue weighted by molar-refractivity contribution is 7.91. The molecule has 0 amide bonds. The fourth-order valence-electron chi connectivity index (χ4n) is 4.15. The molecule has 28 heavy (non-hydrogen) atoms. The van der Waals surface area contributed by atoms with Crippen LogP contribution >= 0.6 is 0 Å². The van der Waals surface area contributed by atoms with E-state index in [1.54, 1.807) is 41.8 Å². The number of fused-ring (bicyclic) bond motifs is 2. The summed E-state index contributed by atoms with van der Waals surface area (Å²) in [5.41, 5.74) is 2.88. The molecule has 0 aliphatic carbocycles. The molecule has 2 heterocycles. The minimum Gasteiger partial charge on any atom is -0.465 e. The van der Waals surface area contributed by atoms with Crippen LogP contribution in [0.2, 0.25) is 0 Å². The lowest BCUT2D eigenvalue weighted by Gasteiger charge is -2.12. The van der Waals surface area contributed by atoms with Crippen molar-refractivity contribution >= 4 is 26.7 Å². The number of rotatable bonds is 4. The minimum atomic E-state index is -3.42. The van der Waals surface area contributed by atoms with Gasteiger partial charge in [0, 0.05) is 22.5 Å². The summed E-state index contributed by atoms with van der Waals surface area (Å²) in [7, 11) is -3.42. The van der Waals surface area contributed by atoms with E-state index in [1.165, 1.54) is 12.1 Å². The molecular formula is C21H20FNO4S. The zero-order valence-electron chi connectivity index (χ0n) is 15.6. The van der Waals surface area contributed by atoms with Gasteiger partial charge in [-0.3, -0.25) is 4.79 Å². The van der Waals surface area contributed by atoms with Crippen LogP contribution in [0.5, 0.6) is 0 Å². The summed E-state index contributed by atoms with van der Waals surface area (Å²) in [6.45, 7) is 3.83. The molecule has 3 aromatic rings. The molecule has 2 aromatic carbocycles. The lowest BCUT2D eigenvalue weighted by atomic mass is 9.91. The van der Waals surface area contributed by atoms with E-state index in [0.717, 1.165) is 11.3 Å². The van der Waals surface area contributed by atoms with Gasteiger partial charge in [-0.2, -0.15) is 0 Å². The smallest absolute Gasteiger partial charge is 0.325 e. The van der Waals surface area contributed by atoms with Crippen LogP contribution in [0.4, 0.5) is 4.39 Å². The zero-order valence-corrected chi connectivity index (χ0v) is 16.4. The van der Waals surface area contributed by atoms with Crippen LogP contribution in [0.25, 0.3) is 10.9 Å². The number of carbonyl (C=O) groups excluding carboxylic acids is 1. The van der Waals surface area contributed by atoms with E-state index in [-0.39, 0.29) is 18.9 Å². The topological polar surface area (TPSA) is 65.4 Å². The molecule has 1 atom stereocenters. The highest BCUT2D eigenvalue weighted by Crippen LogP contribution is 2.43. The van der Waals surface area contributed by atoms with E-state index in [1.807, 2.05) is 6.92 Å². The molecule has 1 aromatic heterocycles. The molecule has 0 radical (unpaired) electrons. The largest absolute Gasteiger partial charge is 0.465 e. The molecule has 7 heteroatoms. The maximum atomic E-state index is 14.1. The Labute approximate surface area is 162 Å². The Morgan fingerprint density at radius 3 is 2.75 bits per heavy atom. The molecule has 4 rings (SSSR count). The highest BCUT2D eigenvalue weighted by atomic mass is 32.2. The third-order valence-electron chi connectivity index (χ3n) is 5.29. The first kappa shape index (κ1) is 18.7. The predicted molar refractivity (Wildman–Crippen MR) is 104 cm³/mol. The minimum absolute atomic E-state index is 0.0110. The monoisotopic (exact) mass is 401 g/mol. The molecule has 0 bridgehead atoms. The number of aromatic nitrogens is 1. The molecule has 0 N–H and O–H groups in total. The van der Waals surface area contributed by atoms with Gasteiger partial charge in [0.15, 0.2) is 9.84 Å². The van der Waals surface area contributed by atoms with Crippen LogP contribution in [-0.4, -0.2) is 31.3 Å². The quantitative estimate of drug-likeness (QED) is 0.627. The van der Waals surface area contributed by atoms with Crippen molar-refractivity contribution in [3.63, 3.8) is 0 Å². The summed E-state index contributed by atoms with van der Waals surface area (Å²) in [5, 5.41) is 0.624. The van der Waals surface area contributed by atoms with Gasteiger partial charge in [0.2, 0.25) is 0 Å². The van der Waals surface area contributed by atoms with Gasteiger partial charge in [0.1, 0.15) is 12.4 Å². The van der Waals surface area contributed by atoms with E-state index >= 15 is 0 Å². The average molecular weight is 401 g/mol. The molecule has 0 saturated heterocycles. The van der Waals surface area contributed by atoms with E-state index in [2.05, 4.69) is 0 Å². The van der Waals surface area contributed by atoms with E-state index in [4.69, 9.17) is 4.74 Å². The molecule has 0 saturated carbocycles. The summed E-state index contributed by atoms with van der Waals surface area (Å²) in [6, 6.07) is 11.3. The van der Waals surface area contributed by atoms with Gasteiger partial charge >= 0.3 is 5.97 Å². The van der Waals surface area contributed by atoms with Crippen LogP contribution in [0.1, 0.15) is 29.7 Å². The molecule has 5 nitrogen and oxygen atoms in total. The lowest BCUT2D eigenvalue weighted by Crippen LogP contribution is -2.15. The first-order chi connectivity index (χ1) is 13.3. The van der Waals surface area contributed by atoms with Crippen LogP contribution in [0.3, 0.4) is 0 Å². The van der Waals surface area contributed by atoms with E-state index < -0.39 is 27.5 Å². The number of nitrogens with zero attached hydrogens (tertiary/aromatic N) is 1. The maximum Gasteiger partial charge on any atom is 0.325 e. The number of esters is 1. The second kappa shape index (κ2) is 6.74. The van der Waals surface area contributed by atoms with Crippen LogP contribution in [-0.2, 0) is 25.9 Å². The van der Waals surface area contributed by atoms with Gasteiger partial charge in [0.25, 0.3) is 0 Å². The number of hydrogen-bond donors (Lipinski definition) is 0. The second-order valence-electron chi connectivity index (χ2n) is 6.92. The van der Waals surface area contributed by atoms with Crippen molar-refractivity contribution in [2.45, 2.75) is 31.2 Å². The van der Waals surface area contributed by atoms with Crippen molar-refractivity contribution in [2.24, 2.45) is 0 Å². The van der Waals surface area contributed by atoms with Crippen molar-refractivity contribution < 1.29 is 22.3 Å². The summed E-state index contributed by atoms with van der Waals surface area (Å²) in [6.07, 6.45) is 0. The molecule has 0 spiro atoms. The van der Waals surface area contributed by atoms with Gasteiger partial charge in [-0.05, 0) is 49.2 Å². The number of halogens is 1. The number of hydrogen-bond acceptors (Lipinski definition) is 4. The number of sulfone groups is 1. The Morgan fingerprint density at radius 2 is 2.00 bits per heavy atom. The SMILES string of the molecule is CCOC(=O)Cn1c(C)c(C2CS(=O)(=O)c3ccccc32)c2cc(F)ccc21. The Bertz CT molecular complexity index is 1200. The summed E-state index contributed by atoms with van der Waals surface area (Å²) >= 11 is 0. The Hall–Kier alpha value is -2.67. The Kier molecular flexibility index (Phi) is 4.50. The fraction of sp³-hybridized carbons (Fsp3) is 0.286. The zero-order chi connectivity index (χ0) is 20.1. The normalized spacial score (nSPS) is 17.6. The molecule has 1 unspecified atom stereocenters. The molecule has 146 valence electrons. The third-order valence-corrected chi connectivity index (χ3v) is 7.10. The Balaban J connectivity index is 1.94. The van der Waals surface area contributed by atoms with Gasteiger partial charge in [-0.25, -0.2) is 12.8 Å². The fourth-order valence-corrected chi connectivity index (χ4v) is 5.97. The summed E-state index contributed by atoms with van der Waals surface area (Å²) < 4.78 is 46.2. The Morgan fingerprint density at radius 1 is 1.25 bits per heavy atom. The maximum absolute atomic E-state index is 14.1. The molecule has 0 fully saturated rings. The van der Waals surface area contributed by atoms with Gasteiger partial charge < -0.3 is 9.30 Å². The lowest BCUT2D eigenvalue weighted by molar-refractivity contribution is -0.143. The second-order valence-corrected chi connectivity index (χ2v) is 8.93. The number of ether oxygens (including phenoxy) is 1. The average Bonchev–Trinajstić information content (AvgIpc) is 3.06. The van der Waals surface area contributed by atoms with E-state index in [0.29, 0.717) is 21.4 Å². The van der Waals surface area contributed by atoms with Crippen molar-refractivity contribution in [1.82, 2.24) is 4.57 Å². The summed E-state index contributed by atoms with van der Waals surface area (Å²) in [5.74, 6) is -1.27. The van der Waals surface area contributed by atoms with Crippen LogP contribution < -0.4 is 0 Å². The van der Waals surface area contributed by atoms with Gasteiger partial charge in [0.05, 0.1) is 17.3 Å². The van der Waals surface area contributed by atoms with Crippen molar-refractivity contribution in [3.05, 3.63) is 65.1 Å². The van der Waals surface area contributed by atoms with Crippen LogP contribution in [0, 0.1) is 12.7 Å². The summed E-state index contributed by atoms with van der Waals surface area (Å²) in [4.78, 5) is 12.4. The first-order valence-corrected chi connectivity index (χ1v) is 10.7. The standard InChI is InChI=1S/C21H20FNO4S/c1-3-27-20(24)11-23-13(2)21(16-10-14(22)8-9-18(16)23)17-12-28(25,26)19-7-5-4-6-15(17)19/h4-10,17H,3,11-12H2,1-2H3. The first-order valence-electron chi connectivity index (χ1n) is 9.09. The third kappa shape index (κ3) is 2.90. The van der Waals surface area contributed by atoms with Crippen LogP contribution in [0.15, 0.2) is 47.4 Å². The van der Waals surface area contributed by atoms with Gasteiger partial charge in [-0.15, -0.1) is 0 Å².